The average molecular weight is 462 g/mol. The number of amides is 2. The molecule has 1 N–H and O–H groups in total. The molecule has 5 nitrogen and oxygen atoms in total. The highest BCUT2D eigenvalue weighted by molar-refractivity contribution is 5.89. The van der Waals surface area contributed by atoms with Crippen LogP contribution >= 0.6 is 0 Å². The monoisotopic (exact) mass is 461 g/mol. The first-order valence-electron chi connectivity index (χ1n) is 11.0. The smallest absolute Gasteiger partial charge is 0.352 e. The zero-order valence-electron chi connectivity index (χ0n) is 19.2. The number of halogens is 3. The molecule has 0 spiro atoms. The van der Waals surface area contributed by atoms with Crippen molar-refractivity contribution in [2.24, 2.45) is 5.92 Å². The maximum Gasteiger partial charge on any atom is 0.416 e. The fourth-order valence-corrected chi connectivity index (χ4v) is 3.83. The number of likely N-dealkylation sites (tertiary alicyclic amines) is 1. The van der Waals surface area contributed by atoms with Gasteiger partial charge in [0.15, 0.2) is 0 Å². The van der Waals surface area contributed by atoms with Crippen LogP contribution in [0.2, 0.25) is 0 Å². The highest BCUT2D eigenvalue weighted by Crippen LogP contribution is 2.30. The lowest BCUT2D eigenvalue weighted by atomic mass is 10.1. The second-order valence-electron chi connectivity index (χ2n) is 8.87. The van der Waals surface area contributed by atoms with Gasteiger partial charge in [0, 0.05) is 38.6 Å². The van der Waals surface area contributed by atoms with E-state index in [1.807, 2.05) is 31.3 Å². The first-order chi connectivity index (χ1) is 15.5. The van der Waals surface area contributed by atoms with Gasteiger partial charge >= 0.3 is 6.18 Å². The number of benzene rings is 2. The predicted octanol–water partition coefficient (Wildman–Crippen LogP) is 4.21. The zero-order chi connectivity index (χ0) is 24.2. The van der Waals surface area contributed by atoms with Crippen molar-refractivity contribution in [3.8, 4) is 0 Å². The van der Waals surface area contributed by atoms with Gasteiger partial charge in [0.2, 0.25) is 11.8 Å². The number of nitrogens with one attached hydrogen (secondary N) is 1. The van der Waals surface area contributed by atoms with Crippen molar-refractivity contribution in [3.63, 3.8) is 0 Å². The van der Waals surface area contributed by atoms with E-state index in [0.717, 1.165) is 29.8 Å². The SMILES string of the molecule is CC(C)N(C)Cc1ccccc1CNC(=O)C1CC(=O)N(Cc2cccc(C(F)(F)F)c2)C1. The van der Waals surface area contributed by atoms with Crippen LogP contribution in [0, 0.1) is 5.92 Å². The van der Waals surface area contributed by atoms with E-state index in [1.165, 1.54) is 11.0 Å². The quantitative estimate of drug-likeness (QED) is 0.641. The molecule has 1 aliphatic rings. The standard InChI is InChI=1S/C25H30F3N3O2/c1-17(2)30(3)15-20-9-5-4-8-19(20)13-29-24(33)21-12-23(32)31(16-21)14-18-7-6-10-22(11-18)25(26,27)28/h4-11,17,21H,12-16H2,1-3H3,(H,29,33). The molecule has 2 amide bonds. The molecule has 0 aliphatic carbocycles. The van der Waals surface area contributed by atoms with E-state index in [0.29, 0.717) is 18.2 Å². The molecular formula is C25H30F3N3O2. The summed E-state index contributed by atoms with van der Waals surface area (Å²) in [5, 5.41) is 2.93. The van der Waals surface area contributed by atoms with Crippen LogP contribution in [0.4, 0.5) is 13.2 Å². The van der Waals surface area contributed by atoms with Crippen molar-refractivity contribution in [2.45, 2.75) is 52.1 Å². The van der Waals surface area contributed by atoms with Crippen LogP contribution < -0.4 is 5.32 Å². The Morgan fingerprint density at radius 2 is 1.85 bits per heavy atom. The van der Waals surface area contributed by atoms with Gasteiger partial charge in [-0.2, -0.15) is 13.2 Å². The second-order valence-corrected chi connectivity index (χ2v) is 8.87. The zero-order valence-corrected chi connectivity index (χ0v) is 19.2. The number of nitrogens with zero attached hydrogens (tertiary/aromatic N) is 2. The van der Waals surface area contributed by atoms with Crippen molar-refractivity contribution >= 4 is 11.8 Å². The minimum absolute atomic E-state index is 0.0525. The lowest BCUT2D eigenvalue weighted by Gasteiger charge is -2.23. The summed E-state index contributed by atoms with van der Waals surface area (Å²) in [5.74, 6) is -0.970. The molecule has 0 bridgehead atoms. The predicted molar refractivity (Wildman–Crippen MR) is 120 cm³/mol. The molecule has 33 heavy (non-hydrogen) atoms. The van der Waals surface area contributed by atoms with Gasteiger partial charge in [0.25, 0.3) is 0 Å². The van der Waals surface area contributed by atoms with Gasteiger partial charge in [-0.1, -0.05) is 36.4 Å². The number of rotatable bonds is 8. The lowest BCUT2D eigenvalue weighted by Crippen LogP contribution is -2.33. The summed E-state index contributed by atoms with van der Waals surface area (Å²) in [6.45, 7) is 5.60. The molecule has 1 unspecified atom stereocenters. The van der Waals surface area contributed by atoms with Crippen molar-refractivity contribution in [1.29, 1.82) is 0 Å². The van der Waals surface area contributed by atoms with E-state index in [2.05, 4.69) is 24.1 Å². The van der Waals surface area contributed by atoms with Crippen molar-refractivity contribution in [2.75, 3.05) is 13.6 Å². The number of hydrogen-bond acceptors (Lipinski definition) is 3. The Bertz CT molecular complexity index is 991. The van der Waals surface area contributed by atoms with Crippen LogP contribution in [0.5, 0.6) is 0 Å². The summed E-state index contributed by atoms with van der Waals surface area (Å²) in [4.78, 5) is 28.8. The Balaban J connectivity index is 1.58. The summed E-state index contributed by atoms with van der Waals surface area (Å²) in [6, 6.07) is 13.2. The third-order valence-electron chi connectivity index (χ3n) is 6.09. The number of carbonyl (C=O) groups is 2. The molecule has 8 heteroatoms. The van der Waals surface area contributed by atoms with Gasteiger partial charge in [-0.25, -0.2) is 0 Å². The van der Waals surface area contributed by atoms with Gasteiger partial charge in [-0.15, -0.1) is 0 Å². The molecule has 3 rings (SSSR count). The Hall–Kier alpha value is -2.87. The third kappa shape index (κ3) is 6.57. The van der Waals surface area contributed by atoms with Crippen LogP contribution in [0.3, 0.4) is 0 Å². The van der Waals surface area contributed by atoms with Crippen LogP contribution in [-0.2, 0) is 35.4 Å². The number of hydrogen-bond donors (Lipinski definition) is 1. The van der Waals surface area contributed by atoms with E-state index < -0.39 is 17.7 Å². The fourth-order valence-electron chi connectivity index (χ4n) is 3.83. The molecular weight excluding hydrogens is 431 g/mol. The Morgan fingerprint density at radius 1 is 1.15 bits per heavy atom. The van der Waals surface area contributed by atoms with Crippen LogP contribution in [0.15, 0.2) is 48.5 Å². The van der Waals surface area contributed by atoms with E-state index in [4.69, 9.17) is 0 Å². The van der Waals surface area contributed by atoms with E-state index in [9.17, 15) is 22.8 Å². The van der Waals surface area contributed by atoms with Gasteiger partial charge < -0.3 is 10.2 Å². The molecule has 2 aromatic rings. The molecule has 178 valence electrons. The maximum atomic E-state index is 13.0. The molecule has 1 aliphatic heterocycles. The number of alkyl halides is 3. The minimum Gasteiger partial charge on any atom is -0.352 e. The third-order valence-corrected chi connectivity index (χ3v) is 6.09. The molecule has 2 aromatic carbocycles. The first kappa shape index (κ1) is 24.8. The number of carbonyl (C=O) groups excluding carboxylic acids is 2. The molecule has 1 atom stereocenters. The van der Waals surface area contributed by atoms with E-state index in [-0.39, 0.29) is 31.3 Å². The van der Waals surface area contributed by atoms with Crippen molar-refractivity contribution in [1.82, 2.24) is 15.1 Å². The highest BCUT2D eigenvalue weighted by atomic mass is 19.4. The van der Waals surface area contributed by atoms with Crippen molar-refractivity contribution < 1.29 is 22.8 Å². The summed E-state index contributed by atoms with van der Waals surface area (Å²) in [7, 11) is 2.04. The summed E-state index contributed by atoms with van der Waals surface area (Å²) >= 11 is 0. The average Bonchev–Trinajstić information content (AvgIpc) is 3.12. The first-order valence-corrected chi connectivity index (χ1v) is 11.0. The highest BCUT2D eigenvalue weighted by Gasteiger charge is 2.35. The minimum atomic E-state index is -4.44. The van der Waals surface area contributed by atoms with Gasteiger partial charge in [0.05, 0.1) is 11.5 Å². The second kappa shape index (κ2) is 10.4. The summed E-state index contributed by atoms with van der Waals surface area (Å²) in [5.41, 5.74) is 1.79. The van der Waals surface area contributed by atoms with Crippen LogP contribution in [-0.4, -0.2) is 41.2 Å². The Morgan fingerprint density at radius 3 is 2.52 bits per heavy atom. The molecule has 1 fully saturated rings. The molecule has 1 heterocycles. The van der Waals surface area contributed by atoms with Gasteiger partial charge in [0.1, 0.15) is 0 Å². The largest absolute Gasteiger partial charge is 0.416 e. The van der Waals surface area contributed by atoms with Gasteiger partial charge in [-0.05, 0) is 49.7 Å². The summed E-state index contributed by atoms with van der Waals surface area (Å²) in [6.07, 6.45) is -4.38. The van der Waals surface area contributed by atoms with Crippen LogP contribution in [0.1, 0.15) is 42.5 Å². The Kier molecular flexibility index (Phi) is 7.79. The normalized spacial score (nSPS) is 16.7. The fraction of sp³-hybridized carbons (Fsp3) is 0.440. The van der Waals surface area contributed by atoms with Crippen molar-refractivity contribution in [3.05, 3.63) is 70.8 Å². The topological polar surface area (TPSA) is 52.7 Å². The van der Waals surface area contributed by atoms with Gasteiger partial charge in [-0.3, -0.25) is 14.5 Å². The van der Waals surface area contributed by atoms with Crippen LogP contribution in [0.25, 0.3) is 0 Å². The maximum absolute atomic E-state index is 13.0. The molecule has 0 saturated carbocycles. The molecule has 0 radical (unpaired) electrons. The van der Waals surface area contributed by atoms with E-state index in [1.54, 1.807) is 6.07 Å². The lowest BCUT2D eigenvalue weighted by molar-refractivity contribution is -0.137. The molecule has 1 saturated heterocycles. The Labute approximate surface area is 192 Å². The molecule has 0 aromatic heterocycles. The van der Waals surface area contributed by atoms with E-state index >= 15 is 0 Å². The summed E-state index contributed by atoms with van der Waals surface area (Å²) < 4.78 is 38.9.